The standard InChI is InChI=1S/C49H84FN6O10P/c1-6-9-11-13-15-17-19-21-23-25-27-29-31-33-41(57)62-35-39(65-42(58)34-32-30-28-26-24-22-20-18-16-14-12-10-7-2)36-63-67(60,61)64-37-40-44(59)49(50,8-3)47(66-40)56-38-52-43-45(55(4)5)53-48(51)54-46(43)56/h3,38-40,44,47,59H,6-7,9-37H2,1-2,4-5H3,(H,60,61)(H2,51,53,54)/t39?,40-,44-,47-,49-/m1/s1. The molecule has 4 N–H and O–H groups in total. The number of esters is 2. The number of hydrogen-bond acceptors (Lipinski definition) is 14. The number of phosphoric ester groups is 1. The Hall–Kier alpha value is -3.39. The van der Waals surface area contributed by atoms with Crippen molar-refractivity contribution in [2.45, 2.75) is 224 Å². The van der Waals surface area contributed by atoms with Crippen molar-refractivity contribution in [2.24, 2.45) is 0 Å². The number of terminal acetylenes is 1. The number of imidazole rings is 1. The van der Waals surface area contributed by atoms with E-state index >= 15 is 4.39 Å². The Kier molecular flexibility index (Phi) is 28.0. The number of unbranched alkanes of at least 4 members (excludes halogenated alkanes) is 24. The SMILES string of the molecule is C#C[C@@]1(F)[C@H](O)[C@@H](COP(=O)(O)OCC(COC(=O)CCCCCCCCCCCCCCC)OC(=O)CCCCCCCCCCCCCCC)O[C@H]1n1cnc2c(N(C)C)nc(N)nc21. The third-order valence-electron chi connectivity index (χ3n) is 12.3. The van der Waals surface area contributed by atoms with Crippen LogP contribution in [0.2, 0.25) is 0 Å². The first-order chi connectivity index (χ1) is 32.3. The molecule has 0 aliphatic carbocycles. The van der Waals surface area contributed by atoms with Gasteiger partial charge in [0.05, 0.1) is 19.5 Å². The molecule has 0 radical (unpaired) electrons. The minimum Gasteiger partial charge on any atom is -0.462 e. The summed E-state index contributed by atoms with van der Waals surface area (Å²) in [5, 5.41) is 11.0. The number of nitrogens with two attached hydrogens (primary N) is 1. The number of aromatic nitrogens is 4. The largest absolute Gasteiger partial charge is 0.472 e. The number of phosphoric acid groups is 1. The van der Waals surface area contributed by atoms with Gasteiger partial charge in [-0.1, -0.05) is 174 Å². The number of fused-ring (bicyclic) bond motifs is 1. The zero-order valence-corrected chi connectivity index (χ0v) is 42.1. The maximum atomic E-state index is 16.4. The van der Waals surface area contributed by atoms with E-state index in [1.54, 1.807) is 19.0 Å². The van der Waals surface area contributed by atoms with Crippen LogP contribution < -0.4 is 10.6 Å². The van der Waals surface area contributed by atoms with E-state index < -0.39 is 69.8 Å². The summed E-state index contributed by atoms with van der Waals surface area (Å²) in [6, 6.07) is 0. The molecular formula is C49H84FN6O10P. The fourth-order valence-corrected chi connectivity index (χ4v) is 9.05. The highest BCUT2D eigenvalue weighted by molar-refractivity contribution is 7.47. The zero-order chi connectivity index (χ0) is 48.9. The lowest BCUT2D eigenvalue weighted by molar-refractivity contribution is -0.161. The van der Waals surface area contributed by atoms with Crippen molar-refractivity contribution in [3.05, 3.63) is 6.33 Å². The van der Waals surface area contributed by atoms with Gasteiger partial charge < -0.3 is 34.8 Å². The van der Waals surface area contributed by atoms with Crippen molar-refractivity contribution in [3.8, 4) is 12.3 Å². The second kappa shape index (κ2) is 32.4. The number of halogens is 1. The predicted molar refractivity (Wildman–Crippen MR) is 260 cm³/mol. The van der Waals surface area contributed by atoms with E-state index in [1.165, 1.54) is 122 Å². The summed E-state index contributed by atoms with van der Waals surface area (Å²) in [7, 11) is -1.54. The lowest BCUT2D eigenvalue weighted by Gasteiger charge is -2.23. The molecule has 2 aromatic heterocycles. The van der Waals surface area contributed by atoms with Crippen LogP contribution in [0.25, 0.3) is 11.2 Å². The first kappa shape index (κ1) is 57.9. The molecule has 1 aliphatic rings. The van der Waals surface area contributed by atoms with Gasteiger partial charge in [-0.15, -0.1) is 6.42 Å². The van der Waals surface area contributed by atoms with E-state index in [0.29, 0.717) is 18.7 Å². The molecule has 382 valence electrons. The highest BCUT2D eigenvalue weighted by Gasteiger charge is 2.58. The number of rotatable bonds is 39. The minimum atomic E-state index is -4.96. The Bertz CT molecular complexity index is 1800. The Balaban J connectivity index is 1.49. The summed E-state index contributed by atoms with van der Waals surface area (Å²) in [6.45, 7) is 2.57. The van der Waals surface area contributed by atoms with Gasteiger partial charge in [0.25, 0.3) is 0 Å². The van der Waals surface area contributed by atoms with Gasteiger partial charge in [-0.05, 0) is 12.8 Å². The number of carbonyl (C=O) groups is 2. The van der Waals surface area contributed by atoms with Crippen LogP contribution in [0, 0.1) is 12.3 Å². The molecule has 0 saturated carbocycles. The van der Waals surface area contributed by atoms with Crippen molar-refractivity contribution < 1.29 is 51.8 Å². The average Bonchev–Trinajstić information content (AvgIpc) is 3.83. The smallest absolute Gasteiger partial charge is 0.462 e. The van der Waals surface area contributed by atoms with E-state index in [4.69, 9.17) is 35.4 Å². The number of aliphatic hydroxyl groups is 1. The van der Waals surface area contributed by atoms with Crippen LogP contribution in [-0.4, -0.2) is 99.4 Å². The predicted octanol–water partition coefficient (Wildman–Crippen LogP) is 10.6. The fourth-order valence-electron chi connectivity index (χ4n) is 8.29. The van der Waals surface area contributed by atoms with Gasteiger partial charge in [0, 0.05) is 26.9 Å². The lowest BCUT2D eigenvalue weighted by Crippen LogP contribution is -2.42. The molecule has 16 nitrogen and oxygen atoms in total. The number of nitrogen functional groups attached to an aromatic ring is 1. The van der Waals surface area contributed by atoms with Crippen LogP contribution in [0.1, 0.15) is 200 Å². The normalized spacial score (nSPS) is 19.6. The number of aliphatic hydroxyl groups excluding tert-OH is 1. The highest BCUT2D eigenvalue weighted by Crippen LogP contribution is 2.47. The molecule has 3 heterocycles. The Morgan fingerprint density at radius 1 is 0.821 bits per heavy atom. The van der Waals surface area contributed by atoms with Crippen LogP contribution in [-0.2, 0) is 37.4 Å². The van der Waals surface area contributed by atoms with E-state index in [1.807, 2.05) is 5.92 Å². The van der Waals surface area contributed by atoms with Crippen LogP contribution in [0.15, 0.2) is 6.33 Å². The molecule has 67 heavy (non-hydrogen) atoms. The summed E-state index contributed by atoms with van der Waals surface area (Å²) in [6.07, 6.45) is 30.9. The van der Waals surface area contributed by atoms with Crippen molar-refractivity contribution in [1.82, 2.24) is 19.5 Å². The monoisotopic (exact) mass is 967 g/mol. The van der Waals surface area contributed by atoms with E-state index in [2.05, 4.69) is 28.8 Å². The third-order valence-corrected chi connectivity index (χ3v) is 13.2. The summed E-state index contributed by atoms with van der Waals surface area (Å²) in [5.41, 5.74) is 3.39. The first-order valence-corrected chi connectivity index (χ1v) is 26.9. The number of ether oxygens (including phenoxy) is 3. The molecule has 3 rings (SSSR count). The first-order valence-electron chi connectivity index (χ1n) is 25.4. The highest BCUT2D eigenvalue weighted by atomic mass is 31.2. The summed E-state index contributed by atoms with van der Waals surface area (Å²) < 4.78 is 57.9. The van der Waals surface area contributed by atoms with E-state index in [0.717, 1.165) is 43.1 Å². The van der Waals surface area contributed by atoms with E-state index in [9.17, 15) is 24.2 Å². The Morgan fingerprint density at radius 2 is 1.30 bits per heavy atom. The van der Waals surface area contributed by atoms with Crippen molar-refractivity contribution in [1.29, 1.82) is 0 Å². The lowest BCUT2D eigenvalue weighted by atomic mass is 9.97. The summed E-state index contributed by atoms with van der Waals surface area (Å²) in [4.78, 5) is 50.6. The molecule has 2 unspecified atom stereocenters. The van der Waals surface area contributed by atoms with Gasteiger partial charge in [-0.3, -0.25) is 23.2 Å². The molecule has 0 amide bonds. The average molecular weight is 967 g/mol. The zero-order valence-electron chi connectivity index (χ0n) is 41.2. The molecule has 2 aromatic rings. The second-order valence-corrected chi connectivity index (χ2v) is 19.8. The number of alkyl halides is 1. The minimum absolute atomic E-state index is 0.0723. The number of hydrogen-bond donors (Lipinski definition) is 3. The van der Waals surface area contributed by atoms with Gasteiger partial charge in [-0.2, -0.15) is 9.97 Å². The molecule has 1 fully saturated rings. The Morgan fingerprint density at radius 3 is 1.78 bits per heavy atom. The molecule has 1 aliphatic heterocycles. The molecule has 0 spiro atoms. The molecule has 0 bridgehead atoms. The molecule has 18 heteroatoms. The van der Waals surface area contributed by atoms with Crippen molar-refractivity contribution in [3.63, 3.8) is 0 Å². The topological polar surface area (TPSA) is 211 Å². The third kappa shape index (κ3) is 21.4. The van der Waals surface area contributed by atoms with Gasteiger partial charge in [0.1, 0.15) is 18.8 Å². The maximum absolute atomic E-state index is 16.4. The van der Waals surface area contributed by atoms with Crippen LogP contribution >= 0.6 is 7.82 Å². The van der Waals surface area contributed by atoms with Crippen LogP contribution in [0.5, 0.6) is 0 Å². The van der Waals surface area contributed by atoms with Gasteiger partial charge in [0.15, 0.2) is 29.3 Å². The van der Waals surface area contributed by atoms with Crippen molar-refractivity contribution >= 4 is 42.7 Å². The second-order valence-electron chi connectivity index (χ2n) is 18.3. The number of nitrogens with zero attached hydrogens (tertiary/aromatic N) is 5. The maximum Gasteiger partial charge on any atom is 0.472 e. The molecular weight excluding hydrogens is 883 g/mol. The van der Waals surface area contributed by atoms with Gasteiger partial charge >= 0.3 is 19.8 Å². The van der Waals surface area contributed by atoms with Gasteiger partial charge in [0.2, 0.25) is 11.6 Å². The van der Waals surface area contributed by atoms with Crippen molar-refractivity contribution in [2.75, 3.05) is 44.5 Å². The van der Waals surface area contributed by atoms with Crippen LogP contribution in [0.3, 0.4) is 0 Å². The molecule has 1 saturated heterocycles. The Labute approximate surface area is 400 Å². The fraction of sp³-hybridized carbons (Fsp3) is 0.816. The molecule has 6 atom stereocenters. The van der Waals surface area contributed by atoms with Gasteiger partial charge in [-0.25, -0.2) is 13.9 Å². The summed E-state index contributed by atoms with van der Waals surface area (Å²) in [5.74, 6) is 1.12. The quantitative estimate of drug-likeness (QED) is 0.0246. The number of anilines is 2. The number of carbonyl (C=O) groups excluding carboxylic acids is 2. The van der Waals surface area contributed by atoms with Crippen LogP contribution in [0.4, 0.5) is 16.2 Å². The van der Waals surface area contributed by atoms with E-state index in [-0.39, 0.29) is 30.0 Å². The molecule has 0 aromatic carbocycles. The summed E-state index contributed by atoms with van der Waals surface area (Å²) >= 11 is 0.